The van der Waals surface area contributed by atoms with Gasteiger partial charge in [0, 0.05) is 22.9 Å². The third kappa shape index (κ3) is 7.15. The number of hydrogen-bond acceptors (Lipinski definition) is 5. The van der Waals surface area contributed by atoms with Crippen molar-refractivity contribution in [3.63, 3.8) is 0 Å². The summed E-state index contributed by atoms with van der Waals surface area (Å²) in [5, 5.41) is 11.0. The van der Waals surface area contributed by atoms with Crippen molar-refractivity contribution in [1.29, 1.82) is 5.26 Å². The zero-order valence-electron chi connectivity index (χ0n) is 18.3. The highest BCUT2D eigenvalue weighted by molar-refractivity contribution is 7.99. The predicted octanol–water partition coefficient (Wildman–Crippen LogP) is 7.17. The van der Waals surface area contributed by atoms with Gasteiger partial charge in [0.2, 0.25) is 6.19 Å². The maximum Gasteiger partial charge on any atom is 0.212 e. The highest BCUT2D eigenvalue weighted by atomic mass is 35.5. The average molecular weight is 516 g/mol. The molecule has 174 valence electrons. The molecule has 2 saturated carbocycles. The van der Waals surface area contributed by atoms with Crippen LogP contribution in [0.25, 0.3) is 0 Å². The lowest BCUT2D eigenvalue weighted by Crippen LogP contribution is -2.17. The van der Waals surface area contributed by atoms with Crippen LogP contribution in [0.5, 0.6) is 0 Å². The van der Waals surface area contributed by atoms with Gasteiger partial charge in [0.15, 0.2) is 0 Å². The summed E-state index contributed by atoms with van der Waals surface area (Å²) in [6, 6.07) is 7.89. The van der Waals surface area contributed by atoms with E-state index >= 15 is 0 Å². The Kier molecular flexibility index (Phi) is 11.4. The summed E-state index contributed by atoms with van der Waals surface area (Å²) in [7, 11) is -0.178. The van der Waals surface area contributed by atoms with E-state index in [0.29, 0.717) is 27.4 Å². The quantitative estimate of drug-likeness (QED) is 0.320. The van der Waals surface area contributed by atoms with Crippen molar-refractivity contribution in [2.75, 3.05) is 12.5 Å². The number of pyridine rings is 2. The first-order valence-electron chi connectivity index (χ1n) is 10.5. The Morgan fingerprint density at radius 3 is 2.06 bits per heavy atom. The molecule has 1 unspecified atom stereocenters. The van der Waals surface area contributed by atoms with Crippen LogP contribution in [-0.2, 0) is 10.7 Å². The van der Waals surface area contributed by atoms with Gasteiger partial charge in [0.25, 0.3) is 0 Å². The molecule has 4 rings (SSSR count). The molecule has 4 nitrogen and oxygen atoms in total. The first-order chi connectivity index (χ1) is 15.0. The molecule has 0 N–H and O–H groups in total. The molecule has 2 fully saturated rings. The monoisotopic (exact) mass is 514 g/mol. The van der Waals surface area contributed by atoms with Gasteiger partial charge in [-0.3, -0.25) is 4.70 Å². The lowest BCUT2D eigenvalue weighted by atomic mass is 9.99. The van der Waals surface area contributed by atoms with E-state index < -0.39 is 0 Å². The molecule has 0 aliphatic heterocycles. The first-order valence-corrected chi connectivity index (χ1v) is 14.2. The number of rotatable bonds is 4. The van der Waals surface area contributed by atoms with Crippen LogP contribution < -0.4 is 0 Å². The van der Waals surface area contributed by atoms with Crippen molar-refractivity contribution < 1.29 is 4.70 Å². The fraction of sp³-hybridized carbons (Fsp3) is 0.522. The van der Waals surface area contributed by atoms with Gasteiger partial charge in [-0.1, -0.05) is 58.9 Å². The van der Waals surface area contributed by atoms with Crippen LogP contribution in [0.1, 0.15) is 61.5 Å². The van der Waals surface area contributed by atoms with Gasteiger partial charge in [-0.05, 0) is 73.3 Å². The van der Waals surface area contributed by atoms with Crippen molar-refractivity contribution in [3.8, 4) is 6.19 Å². The number of nitriles is 1. The number of nitrogens with zero attached hydrogens (tertiary/aromatic N) is 4. The molecular formula is C23H29Cl2FN4S2. The van der Waals surface area contributed by atoms with Crippen LogP contribution >= 0.6 is 35.0 Å². The Bertz CT molecular complexity index is 919. The number of hydrogen-bond donors (Lipinski definition) is 0. The second-order valence-electron chi connectivity index (χ2n) is 7.93. The minimum atomic E-state index is -0.178. The zero-order chi connectivity index (χ0) is 22.2. The molecule has 0 aromatic carbocycles. The van der Waals surface area contributed by atoms with E-state index in [1.807, 2.05) is 48.5 Å². The summed E-state index contributed by atoms with van der Waals surface area (Å²) in [5.74, 6) is 1.17. The largest absolute Gasteiger partial charge is 0.269 e. The van der Waals surface area contributed by atoms with E-state index in [4.69, 9.17) is 28.5 Å². The second-order valence-corrected chi connectivity index (χ2v) is 11.6. The average Bonchev–Trinajstić information content (AvgIpc) is 3.45. The number of thioether (sulfide) groups is 1. The van der Waals surface area contributed by atoms with Crippen LogP contribution in [0, 0.1) is 11.5 Å². The van der Waals surface area contributed by atoms with E-state index in [-0.39, 0.29) is 15.4 Å². The third-order valence-corrected chi connectivity index (χ3v) is 9.61. The van der Waals surface area contributed by atoms with E-state index in [2.05, 4.69) is 32.9 Å². The van der Waals surface area contributed by atoms with Gasteiger partial charge < -0.3 is 0 Å². The Morgan fingerprint density at radius 1 is 0.969 bits per heavy atom. The van der Waals surface area contributed by atoms with Gasteiger partial charge in [0.1, 0.15) is 10.3 Å². The number of halogens is 3. The van der Waals surface area contributed by atoms with Crippen molar-refractivity contribution >= 4 is 45.7 Å². The maximum atomic E-state index is 8.65. The van der Waals surface area contributed by atoms with Crippen LogP contribution in [0.4, 0.5) is 4.70 Å². The topological polar surface area (TPSA) is 61.9 Å². The standard InChI is InChI=1S/C12H14ClN3S.C11H14ClNS.FH/c1-17(16-8-14)11-4-2-3-10(11)9-5-6-12(13)15-7-9;1-14-10-4-2-3-9(10)8-5-6-11(12)13-7-8;/h5-7,10-11H,2-4H2,1H3;5-7,9-10H,2-4H2,1H3;1H/t10-,11-,17?;9-,10-;/m11./s1. The Hall–Kier alpha value is -1.20. The van der Waals surface area contributed by atoms with Crippen molar-refractivity contribution in [1.82, 2.24) is 9.97 Å². The van der Waals surface area contributed by atoms with Crippen molar-refractivity contribution in [2.24, 2.45) is 4.36 Å². The molecule has 5 atom stereocenters. The Labute approximate surface area is 207 Å². The molecule has 0 radical (unpaired) electrons. The maximum absolute atomic E-state index is 8.65. The molecular weight excluding hydrogens is 486 g/mol. The molecule has 32 heavy (non-hydrogen) atoms. The summed E-state index contributed by atoms with van der Waals surface area (Å²) in [6.45, 7) is 0. The van der Waals surface area contributed by atoms with E-state index in [1.54, 1.807) is 0 Å². The zero-order valence-corrected chi connectivity index (χ0v) is 21.4. The Balaban J connectivity index is 0.000000224. The third-order valence-electron chi connectivity index (χ3n) is 6.19. The summed E-state index contributed by atoms with van der Waals surface area (Å²) in [5.41, 5.74) is 2.58. The van der Waals surface area contributed by atoms with Gasteiger partial charge in [-0.25, -0.2) is 9.97 Å². The molecule has 2 aromatic rings. The molecule has 0 bridgehead atoms. The molecule has 2 aliphatic carbocycles. The molecule has 9 heteroatoms. The minimum absolute atomic E-state index is 0. The number of aromatic nitrogens is 2. The van der Waals surface area contributed by atoms with E-state index in [0.717, 1.165) is 18.1 Å². The van der Waals surface area contributed by atoms with E-state index in [9.17, 15) is 0 Å². The lowest BCUT2D eigenvalue weighted by molar-refractivity contribution is 0.730. The molecule has 0 spiro atoms. The summed E-state index contributed by atoms with van der Waals surface area (Å²) < 4.78 is 3.99. The molecule has 0 amide bonds. The lowest BCUT2D eigenvalue weighted by Gasteiger charge is -2.19. The summed E-state index contributed by atoms with van der Waals surface area (Å²) in [4.78, 5) is 8.28. The first kappa shape index (κ1) is 27.0. The summed E-state index contributed by atoms with van der Waals surface area (Å²) in [6.07, 6.45) is 17.5. The smallest absolute Gasteiger partial charge is 0.212 e. The van der Waals surface area contributed by atoms with Crippen LogP contribution in [0.2, 0.25) is 10.3 Å². The minimum Gasteiger partial charge on any atom is -0.269 e. The Morgan fingerprint density at radius 2 is 1.53 bits per heavy atom. The van der Waals surface area contributed by atoms with Gasteiger partial charge in [-0.2, -0.15) is 21.4 Å². The van der Waals surface area contributed by atoms with Crippen LogP contribution in [0.3, 0.4) is 0 Å². The molecule has 2 heterocycles. The van der Waals surface area contributed by atoms with E-state index in [1.165, 1.54) is 36.8 Å². The highest BCUT2D eigenvalue weighted by Crippen LogP contribution is 2.40. The van der Waals surface area contributed by atoms with Gasteiger partial charge in [-0.15, -0.1) is 0 Å². The summed E-state index contributed by atoms with van der Waals surface area (Å²) >= 11 is 13.5. The SMILES string of the molecule is CS(=NC#N)[C@@H]1CCC[C@@H]1c1ccc(Cl)nc1.CS[C@@H]1CCC[C@@H]1c1ccc(Cl)nc1.F. The predicted molar refractivity (Wildman–Crippen MR) is 137 cm³/mol. The van der Waals surface area contributed by atoms with Gasteiger partial charge in [0.05, 0.1) is 0 Å². The second kappa shape index (κ2) is 13.5. The van der Waals surface area contributed by atoms with Crippen LogP contribution in [0.15, 0.2) is 41.0 Å². The molecule has 0 saturated heterocycles. The molecule has 2 aliphatic rings. The fourth-order valence-corrected chi connectivity index (χ4v) is 7.44. The molecule has 2 aromatic heterocycles. The van der Waals surface area contributed by atoms with Gasteiger partial charge >= 0.3 is 0 Å². The van der Waals surface area contributed by atoms with Crippen molar-refractivity contribution in [2.45, 2.75) is 60.9 Å². The van der Waals surface area contributed by atoms with Crippen LogP contribution in [-0.4, -0.2) is 33.0 Å². The highest BCUT2D eigenvalue weighted by Gasteiger charge is 2.30. The normalized spacial score (nSPS) is 25.3. The fourth-order valence-electron chi connectivity index (χ4n) is 4.65. The van der Waals surface area contributed by atoms with Crippen molar-refractivity contribution in [3.05, 3.63) is 58.1 Å².